The lowest BCUT2D eigenvalue weighted by molar-refractivity contribution is -0.140. The molecule has 11 heteroatoms. The molecule has 2 rings (SSSR count). The molecule has 0 radical (unpaired) electrons. The van der Waals surface area contributed by atoms with Gasteiger partial charge in [0.2, 0.25) is 21.8 Å². The number of methoxy groups -OCH3 is 1. The standard InChI is InChI=1S/C25H33Cl2N3O5S/c1-17(2)28-25(32)18(3)29(16-19-8-11-21(35-4)12-9-19)24(31)7-6-14-30(36(5,33)34)23-15-20(26)10-13-22(23)27/h8-13,15,17-18H,6-7,14,16H2,1-5H3,(H,28,32)/t18-/m1/s1. The van der Waals surface area contributed by atoms with Gasteiger partial charge in [-0.2, -0.15) is 0 Å². The SMILES string of the molecule is COc1ccc(CN(C(=O)CCCN(c2cc(Cl)ccc2Cl)S(C)(=O)=O)[C@H](C)C(=O)NC(C)C)cc1. The molecule has 0 spiro atoms. The van der Waals surface area contributed by atoms with Gasteiger partial charge in [-0.1, -0.05) is 35.3 Å². The third-order valence-corrected chi connectivity index (χ3v) is 7.17. The average molecular weight is 559 g/mol. The maximum absolute atomic E-state index is 13.3. The number of nitrogens with zero attached hydrogens (tertiary/aromatic N) is 2. The van der Waals surface area contributed by atoms with Gasteiger partial charge < -0.3 is 15.0 Å². The van der Waals surface area contributed by atoms with E-state index in [1.54, 1.807) is 32.2 Å². The molecule has 8 nitrogen and oxygen atoms in total. The number of carbonyl (C=O) groups excluding carboxylic acids is 2. The maximum Gasteiger partial charge on any atom is 0.242 e. The molecule has 2 amide bonds. The van der Waals surface area contributed by atoms with Gasteiger partial charge in [-0.25, -0.2) is 8.42 Å². The highest BCUT2D eigenvalue weighted by Crippen LogP contribution is 2.31. The highest BCUT2D eigenvalue weighted by atomic mass is 35.5. The number of ether oxygens (including phenoxy) is 1. The third kappa shape index (κ3) is 8.57. The fourth-order valence-electron chi connectivity index (χ4n) is 3.57. The zero-order chi connectivity index (χ0) is 27.0. The van der Waals surface area contributed by atoms with Crippen molar-refractivity contribution >= 4 is 50.7 Å². The van der Waals surface area contributed by atoms with Gasteiger partial charge in [-0.3, -0.25) is 13.9 Å². The second kappa shape index (κ2) is 13.2. The molecule has 0 unspecified atom stereocenters. The molecule has 0 bridgehead atoms. The molecular weight excluding hydrogens is 525 g/mol. The van der Waals surface area contributed by atoms with E-state index in [2.05, 4.69) is 5.32 Å². The van der Waals surface area contributed by atoms with Crippen molar-refractivity contribution in [2.24, 2.45) is 0 Å². The van der Waals surface area contributed by atoms with Crippen LogP contribution in [0.15, 0.2) is 42.5 Å². The highest BCUT2D eigenvalue weighted by Gasteiger charge is 2.27. The molecule has 0 fully saturated rings. The third-order valence-electron chi connectivity index (χ3n) is 5.44. The van der Waals surface area contributed by atoms with Crippen molar-refractivity contribution < 1.29 is 22.7 Å². The second-order valence-corrected chi connectivity index (χ2v) is 11.5. The summed E-state index contributed by atoms with van der Waals surface area (Å²) in [6.45, 7) is 5.61. The van der Waals surface area contributed by atoms with Gasteiger partial charge in [-0.05, 0) is 63.1 Å². The number of benzene rings is 2. The molecule has 0 aliphatic rings. The molecule has 1 atom stereocenters. The fourth-order valence-corrected chi connectivity index (χ4v) is 4.98. The first-order valence-electron chi connectivity index (χ1n) is 11.5. The molecule has 36 heavy (non-hydrogen) atoms. The monoisotopic (exact) mass is 557 g/mol. The molecule has 2 aromatic rings. The minimum absolute atomic E-state index is 0.0214. The normalized spacial score (nSPS) is 12.2. The van der Waals surface area contributed by atoms with E-state index in [0.29, 0.717) is 10.8 Å². The number of rotatable bonds is 12. The first-order valence-corrected chi connectivity index (χ1v) is 14.1. The van der Waals surface area contributed by atoms with Crippen LogP contribution in [-0.4, -0.2) is 57.1 Å². The summed E-state index contributed by atoms with van der Waals surface area (Å²) in [5.41, 5.74) is 1.08. The number of hydrogen-bond acceptors (Lipinski definition) is 5. The number of amides is 2. The molecule has 0 aliphatic carbocycles. The molecule has 0 aliphatic heterocycles. The summed E-state index contributed by atoms with van der Waals surface area (Å²) in [6.07, 6.45) is 1.31. The zero-order valence-corrected chi connectivity index (χ0v) is 23.5. The second-order valence-electron chi connectivity index (χ2n) is 8.74. The lowest BCUT2D eigenvalue weighted by Crippen LogP contribution is -2.49. The topological polar surface area (TPSA) is 96.0 Å². The van der Waals surface area contributed by atoms with Crippen molar-refractivity contribution in [2.45, 2.75) is 52.2 Å². The molecule has 0 heterocycles. The van der Waals surface area contributed by atoms with Crippen molar-refractivity contribution in [1.82, 2.24) is 10.2 Å². The first-order chi connectivity index (χ1) is 16.8. The Hall–Kier alpha value is -2.49. The largest absolute Gasteiger partial charge is 0.497 e. The van der Waals surface area contributed by atoms with Crippen LogP contribution in [0.1, 0.15) is 39.2 Å². The van der Waals surface area contributed by atoms with E-state index in [1.807, 2.05) is 26.0 Å². The van der Waals surface area contributed by atoms with Gasteiger partial charge >= 0.3 is 0 Å². The summed E-state index contributed by atoms with van der Waals surface area (Å²) < 4.78 is 31.3. The Labute approximate surface area is 223 Å². The van der Waals surface area contributed by atoms with Gasteiger partial charge in [0.1, 0.15) is 11.8 Å². The van der Waals surface area contributed by atoms with Crippen molar-refractivity contribution in [3.05, 3.63) is 58.1 Å². The van der Waals surface area contributed by atoms with E-state index >= 15 is 0 Å². The Morgan fingerprint density at radius 3 is 2.25 bits per heavy atom. The number of sulfonamides is 1. The van der Waals surface area contributed by atoms with Gasteiger partial charge in [0.15, 0.2) is 0 Å². The van der Waals surface area contributed by atoms with Gasteiger partial charge in [0, 0.05) is 30.6 Å². The summed E-state index contributed by atoms with van der Waals surface area (Å²) in [7, 11) is -2.12. The van der Waals surface area contributed by atoms with Gasteiger partial charge in [-0.15, -0.1) is 0 Å². The van der Waals surface area contributed by atoms with Crippen LogP contribution in [0.5, 0.6) is 5.75 Å². The summed E-state index contributed by atoms with van der Waals surface area (Å²) in [6, 6.07) is 11.0. The van der Waals surface area contributed by atoms with Gasteiger partial charge in [0.05, 0.1) is 24.1 Å². The number of anilines is 1. The first kappa shape index (κ1) is 29.7. The van der Waals surface area contributed by atoms with Crippen LogP contribution >= 0.6 is 23.2 Å². The van der Waals surface area contributed by atoms with Crippen molar-refractivity contribution in [1.29, 1.82) is 0 Å². The van der Waals surface area contributed by atoms with E-state index in [1.165, 1.54) is 17.0 Å². The maximum atomic E-state index is 13.3. The predicted molar refractivity (Wildman–Crippen MR) is 144 cm³/mol. The zero-order valence-electron chi connectivity index (χ0n) is 21.1. The van der Waals surface area contributed by atoms with E-state index in [9.17, 15) is 18.0 Å². The molecular formula is C25H33Cl2N3O5S. The van der Waals surface area contributed by atoms with Crippen molar-refractivity contribution in [3.63, 3.8) is 0 Å². The van der Waals surface area contributed by atoms with E-state index in [0.717, 1.165) is 16.1 Å². The lowest BCUT2D eigenvalue weighted by Gasteiger charge is -2.30. The van der Waals surface area contributed by atoms with Crippen LogP contribution in [0.2, 0.25) is 10.0 Å². The Kier molecular flexibility index (Phi) is 10.9. The summed E-state index contributed by atoms with van der Waals surface area (Å²) in [4.78, 5) is 27.5. The predicted octanol–water partition coefficient (Wildman–Crippen LogP) is 4.49. The van der Waals surface area contributed by atoms with Crippen molar-refractivity contribution in [3.8, 4) is 5.75 Å². The minimum Gasteiger partial charge on any atom is -0.497 e. The van der Waals surface area contributed by atoms with E-state index < -0.39 is 16.1 Å². The Morgan fingerprint density at radius 1 is 1.06 bits per heavy atom. The van der Waals surface area contributed by atoms with Crippen LogP contribution in [0.4, 0.5) is 5.69 Å². The summed E-state index contributed by atoms with van der Waals surface area (Å²) >= 11 is 12.3. The lowest BCUT2D eigenvalue weighted by atomic mass is 10.1. The molecule has 0 saturated carbocycles. The minimum atomic E-state index is -3.68. The van der Waals surface area contributed by atoms with Gasteiger partial charge in [0.25, 0.3) is 0 Å². The molecule has 0 aromatic heterocycles. The quantitative estimate of drug-likeness (QED) is 0.414. The fraction of sp³-hybridized carbons (Fsp3) is 0.440. The average Bonchev–Trinajstić information content (AvgIpc) is 2.80. The summed E-state index contributed by atoms with van der Waals surface area (Å²) in [5.74, 6) is 0.140. The number of carbonyl (C=O) groups is 2. The molecule has 2 aromatic carbocycles. The Bertz CT molecular complexity index is 1160. The van der Waals surface area contributed by atoms with Crippen LogP contribution in [0.25, 0.3) is 0 Å². The number of hydrogen-bond donors (Lipinski definition) is 1. The van der Waals surface area contributed by atoms with E-state index in [-0.39, 0.29) is 54.5 Å². The van der Waals surface area contributed by atoms with Crippen LogP contribution in [0.3, 0.4) is 0 Å². The summed E-state index contributed by atoms with van der Waals surface area (Å²) in [5, 5.41) is 3.42. The molecule has 1 N–H and O–H groups in total. The Morgan fingerprint density at radius 2 is 1.69 bits per heavy atom. The molecule has 198 valence electrons. The Balaban J connectivity index is 2.20. The smallest absolute Gasteiger partial charge is 0.242 e. The number of nitrogens with one attached hydrogen (secondary N) is 1. The van der Waals surface area contributed by atoms with Crippen molar-refractivity contribution in [2.75, 3.05) is 24.2 Å². The number of halogens is 2. The van der Waals surface area contributed by atoms with Crippen LogP contribution < -0.4 is 14.4 Å². The van der Waals surface area contributed by atoms with Crippen LogP contribution in [-0.2, 0) is 26.2 Å². The van der Waals surface area contributed by atoms with E-state index in [4.69, 9.17) is 27.9 Å². The molecule has 0 saturated heterocycles. The van der Waals surface area contributed by atoms with Crippen LogP contribution in [0, 0.1) is 0 Å². The highest BCUT2D eigenvalue weighted by molar-refractivity contribution is 7.92.